The van der Waals surface area contributed by atoms with Crippen molar-refractivity contribution in [1.29, 1.82) is 0 Å². The van der Waals surface area contributed by atoms with E-state index in [2.05, 4.69) is 236 Å². The Morgan fingerprint density at radius 3 is 1.21 bits per heavy atom. The van der Waals surface area contributed by atoms with Gasteiger partial charge in [-0.3, -0.25) is 0 Å². The fourth-order valence-electron chi connectivity index (χ4n) is 9.59. The maximum absolute atomic E-state index is 2.45. The molecule has 0 radical (unpaired) electrons. The molecule has 2 aromatic carbocycles. The molecule has 0 heterocycles. The standard InChI is InChI=1S/C62H80/c1-38(2)36-45(10)44(9)27-22-21-26-40(5)42(7)29-24-32-55-48(13)50(15)57-34-35-58-51(16)49(14)56(53(18)61(58)62(19,20)60(57)52(55)17)33-25-30-43(8)41(6)28-23-31-54-37-59(39(3)4)47(12)46(54)11/h21-36,38-39H,37H2,1-20H3/b22-21+,31-23+,32-24+,33-25+,40-26?,41-28?,42-29?,43-30?,44-27?,45-36?. The average molecular weight is 825 g/mol. The zero-order valence-corrected chi connectivity index (χ0v) is 42.6. The highest BCUT2D eigenvalue weighted by Gasteiger charge is 2.35. The molecule has 2 aliphatic rings. The van der Waals surface area contributed by atoms with Crippen LogP contribution >= 0.6 is 0 Å². The molecule has 0 unspecified atom stereocenters. The Balaban J connectivity index is 1.66. The van der Waals surface area contributed by atoms with Crippen LogP contribution in [0.3, 0.4) is 0 Å². The van der Waals surface area contributed by atoms with Crippen LogP contribution < -0.4 is 0 Å². The van der Waals surface area contributed by atoms with Gasteiger partial charge < -0.3 is 0 Å². The highest BCUT2D eigenvalue weighted by Crippen LogP contribution is 2.48. The van der Waals surface area contributed by atoms with Gasteiger partial charge in [-0.15, -0.1) is 0 Å². The molecule has 0 bridgehead atoms. The van der Waals surface area contributed by atoms with Gasteiger partial charge in [-0.05, 0) is 227 Å². The van der Waals surface area contributed by atoms with Gasteiger partial charge in [0.2, 0.25) is 0 Å². The summed E-state index contributed by atoms with van der Waals surface area (Å²) in [5.74, 6) is 1.15. The number of rotatable bonds is 13. The highest BCUT2D eigenvalue weighted by atomic mass is 14.4. The number of allylic oxidation sites excluding steroid dienone is 22. The van der Waals surface area contributed by atoms with Crippen molar-refractivity contribution in [3.8, 4) is 0 Å². The fraction of sp³-hybridized carbons (Fsp3) is 0.387. The van der Waals surface area contributed by atoms with E-state index in [4.69, 9.17) is 0 Å². The van der Waals surface area contributed by atoms with Crippen molar-refractivity contribution in [2.24, 2.45) is 11.8 Å². The summed E-state index contributed by atoms with van der Waals surface area (Å²) in [6, 6.07) is 0. The van der Waals surface area contributed by atoms with Crippen LogP contribution in [0.1, 0.15) is 170 Å². The van der Waals surface area contributed by atoms with E-state index in [9.17, 15) is 0 Å². The Morgan fingerprint density at radius 1 is 0.468 bits per heavy atom. The lowest BCUT2D eigenvalue weighted by Crippen LogP contribution is -2.26. The van der Waals surface area contributed by atoms with Crippen LogP contribution in [-0.4, -0.2) is 0 Å². The Kier molecular flexibility index (Phi) is 16.8. The molecule has 0 saturated carbocycles. The molecular formula is C62H80. The first kappa shape index (κ1) is 49.7. The molecule has 0 N–H and O–H groups in total. The minimum atomic E-state index is -0.216. The molecule has 0 spiro atoms. The van der Waals surface area contributed by atoms with Crippen LogP contribution in [0, 0.1) is 53.4 Å². The second-order valence-corrected chi connectivity index (χ2v) is 19.5. The minimum Gasteiger partial charge on any atom is -0.0788 e. The van der Waals surface area contributed by atoms with Crippen LogP contribution in [0.15, 0.2) is 129 Å². The van der Waals surface area contributed by atoms with Gasteiger partial charge in [-0.1, -0.05) is 150 Å². The third-order valence-electron chi connectivity index (χ3n) is 14.2. The van der Waals surface area contributed by atoms with Gasteiger partial charge in [-0.25, -0.2) is 0 Å². The molecule has 2 aromatic rings. The second kappa shape index (κ2) is 21.0. The smallest absolute Gasteiger partial charge is 0.0164 e. The lowest BCUT2D eigenvalue weighted by Gasteiger charge is -2.35. The lowest BCUT2D eigenvalue weighted by molar-refractivity contribution is 0.627. The zero-order chi connectivity index (χ0) is 46.4. The summed E-state index contributed by atoms with van der Waals surface area (Å²) < 4.78 is 0. The summed E-state index contributed by atoms with van der Waals surface area (Å²) in [6.45, 7) is 45.6. The van der Waals surface area contributed by atoms with Crippen molar-refractivity contribution >= 4 is 24.3 Å². The van der Waals surface area contributed by atoms with Crippen LogP contribution in [-0.2, 0) is 5.41 Å². The maximum atomic E-state index is 2.45. The van der Waals surface area contributed by atoms with E-state index < -0.39 is 0 Å². The topological polar surface area (TPSA) is 0 Å². The summed E-state index contributed by atoms with van der Waals surface area (Å²) >= 11 is 0. The van der Waals surface area contributed by atoms with Crippen LogP contribution in [0.25, 0.3) is 24.3 Å². The van der Waals surface area contributed by atoms with Crippen molar-refractivity contribution in [2.45, 2.75) is 150 Å². The quantitative estimate of drug-likeness (QED) is 0.177. The number of fused-ring (bicyclic) bond motifs is 2. The van der Waals surface area contributed by atoms with E-state index in [1.165, 1.54) is 117 Å². The first-order chi connectivity index (χ1) is 29.0. The van der Waals surface area contributed by atoms with Gasteiger partial charge in [0.1, 0.15) is 0 Å². The second-order valence-electron chi connectivity index (χ2n) is 19.5. The molecule has 0 heteroatoms. The van der Waals surface area contributed by atoms with E-state index in [0.717, 1.165) is 6.42 Å². The molecule has 0 nitrogen and oxygen atoms in total. The molecule has 328 valence electrons. The van der Waals surface area contributed by atoms with E-state index >= 15 is 0 Å². The third-order valence-corrected chi connectivity index (χ3v) is 14.2. The maximum Gasteiger partial charge on any atom is 0.0164 e. The predicted molar refractivity (Wildman–Crippen MR) is 281 cm³/mol. The summed E-state index contributed by atoms with van der Waals surface area (Å²) in [7, 11) is 0. The van der Waals surface area contributed by atoms with Gasteiger partial charge in [0.05, 0.1) is 0 Å². The van der Waals surface area contributed by atoms with E-state index in [-0.39, 0.29) is 5.41 Å². The summed E-state index contributed by atoms with van der Waals surface area (Å²) in [5, 5.41) is 0. The van der Waals surface area contributed by atoms with Gasteiger partial charge in [0.15, 0.2) is 0 Å². The Morgan fingerprint density at radius 2 is 0.839 bits per heavy atom. The monoisotopic (exact) mass is 825 g/mol. The first-order valence-corrected chi connectivity index (χ1v) is 23.1. The van der Waals surface area contributed by atoms with Crippen LogP contribution in [0.5, 0.6) is 0 Å². The molecule has 0 atom stereocenters. The van der Waals surface area contributed by atoms with Crippen molar-refractivity contribution in [3.63, 3.8) is 0 Å². The predicted octanol–water partition coefficient (Wildman–Crippen LogP) is 18.5. The van der Waals surface area contributed by atoms with Gasteiger partial charge in [-0.2, -0.15) is 0 Å². The fourth-order valence-corrected chi connectivity index (χ4v) is 9.59. The third kappa shape index (κ3) is 11.0. The Bertz CT molecular complexity index is 2490. The molecule has 0 fully saturated rings. The van der Waals surface area contributed by atoms with Crippen LogP contribution in [0.2, 0.25) is 0 Å². The summed E-state index contributed by atoms with van der Waals surface area (Å²) in [5.41, 5.74) is 29.9. The average Bonchev–Trinajstić information content (AvgIpc) is 3.41. The Labute approximate surface area is 380 Å². The van der Waals surface area contributed by atoms with Crippen molar-refractivity contribution in [1.82, 2.24) is 0 Å². The minimum absolute atomic E-state index is 0.216. The largest absolute Gasteiger partial charge is 0.0788 e. The van der Waals surface area contributed by atoms with Gasteiger partial charge in [0.25, 0.3) is 0 Å². The van der Waals surface area contributed by atoms with E-state index in [1.54, 1.807) is 5.57 Å². The van der Waals surface area contributed by atoms with Crippen molar-refractivity contribution in [2.75, 3.05) is 0 Å². The SMILES string of the molecule is CC(=C/C=C/C=C(C)C(C)=CC(C)C)C(C)=C/C=C/c1c(C)c(C)c2c(c1C)C(C)(C)c1c(C)c(/C=C/C=C(C)C(C)=C/C=C/C3=C(C)C(C)=C(C(C)C)C3)c(C)c(C)c1C=C2. The normalized spacial score (nSPS) is 17.2. The van der Waals surface area contributed by atoms with Crippen LogP contribution in [0.4, 0.5) is 0 Å². The first-order valence-electron chi connectivity index (χ1n) is 23.1. The number of hydrogen-bond donors (Lipinski definition) is 0. The van der Waals surface area contributed by atoms with Crippen molar-refractivity contribution in [3.05, 3.63) is 195 Å². The van der Waals surface area contributed by atoms with E-state index in [0.29, 0.717) is 11.8 Å². The summed E-state index contributed by atoms with van der Waals surface area (Å²) in [4.78, 5) is 0. The number of benzene rings is 2. The summed E-state index contributed by atoms with van der Waals surface area (Å²) in [6.07, 6.45) is 37.4. The van der Waals surface area contributed by atoms with Crippen molar-refractivity contribution < 1.29 is 0 Å². The molecule has 0 amide bonds. The molecular weight excluding hydrogens is 745 g/mol. The molecule has 0 saturated heterocycles. The Hall–Kier alpha value is -4.94. The highest BCUT2D eigenvalue weighted by molar-refractivity contribution is 5.85. The van der Waals surface area contributed by atoms with Gasteiger partial charge >= 0.3 is 0 Å². The molecule has 62 heavy (non-hydrogen) atoms. The van der Waals surface area contributed by atoms with E-state index in [1.807, 2.05) is 0 Å². The molecule has 4 rings (SSSR count). The van der Waals surface area contributed by atoms with Gasteiger partial charge in [0, 0.05) is 5.41 Å². The zero-order valence-electron chi connectivity index (χ0n) is 42.6. The molecule has 0 aliphatic heterocycles. The number of hydrogen-bond acceptors (Lipinski definition) is 0. The molecule has 2 aliphatic carbocycles. The lowest BCUT2D eigenvalue weighted by atomic mass is 9.68. The molecule has 0 aromatic heterocycles.